The number of thiol groups is 1. The van der Waals surface area contributed by atoms with Crippen molar-refractivity contribution in [3.63, 3.8) is 0 Å². The lowest BCUT2D eigenvalue weighted by Crippen LogP contribution is -1.87. The third kappa shape index (κ3) is 1.47. The molecule has 0 fully saturated rings. The van der Waals surface area contributed by atoms with Crippen molar-refractivity contribution in [2.75, 3.05) is 12.8 Å². The number of nitrogen functional groups attached to an aromatic ring is 1. The summed E-state index contributed by atoms with van der Waals surface area (Å²) in [6.45, 7) is 0. The number of hydrogen-bond acceptors (Lipinski definition) is 4. The van der Waals surface area contributed by atoms with Gasteiger partial charge in [0.15, 0.2) is 0 Å². The summed E-state index contributed by atoms with van der Waals surface area (Å²) in [4.78, 5) is 0. The van der Waals surface area contributed by atoms with Crippen molar-refractivity contribution in [2.45, 2.75) is 4.21 Å². The Morgan fingerprint density at radius 1 is 1.38 bits per heavy atom. The van der Waals surface area contributed by atoms with Crippen LogP contribution in [0.15, 0.2) is 22.4 Å². The first-order valence-electron chi connectivity index (χ1n) is 3.76. The zero-order valence-corrected chi connectivity index (χ0v) is 8.78. The largest absolute Gasteiger partial charge is 0.497 e. The zero-order valence-electron chi connectivity index (χ0n) is 7.07. The van der Waals surface area contributed by atoms with Crippen molar-refractivity contribution in [3.05, 3.63) is 18.2 Å². The Bertz CT molecular complexity index is 450. The first kappa shape index (κ1) is 8.72. The minimum atomic E-state index is 0.750. The lowest BCUT2D eigenvalue weighted by Gasteiger charge is -2.01. The fourth-order valence-electron chi connectivity index (χ4n) is 1.26. The van der Waals surface area contributed by atoms with Crippen LogP contribution in [0.25, 0.3) is 10.1 Å². The number of fused-ring (bicyclic) bond motifs is 1. The van der Waals surface area contributed by atoms with E-state index in [-0.39, 0.29) is 0 Å². The van der Waals surface area contributed by atoms with Crippen LogP contribution in [0.2, 0.25) is 0 Å². The Morgan fingerprint density at radius 2 is 2.15 bits per heavy atom. The Labute approximate surface area is 85.7 Å². The number of hydrogen-bond donors (Lipinski definition) is 2. The fraction of sp³-hybridized carbons (Fsp3) is 0.111. The van der Waals surface area contributed by atoms with Crippen molar-refractivity contribution in [1.29, 1.82) is 0 Å². The zero-order chi connectivity index (χ0) is 9.42. The van der Waals surface area contributed by atoms with Gasteiger partial charge in [-0.25, -0.2) is 0 Å². The molecule has 2 rings (SSSR count). The SMILES string of the molecule is COc1cc(N)c2sc(S)cc2c1. The summed E-state index contributed by atoms with van der Waals surface area (Å²) in [5.41, 5.74) is 6.59. The van der Waals surface area contributed by atoms with E-state index < -0.39 is 0 Å². The third-order valence-electron chi connectivity index (χ3n) is 1.84. The maximum atomic E-state index is 5.84. The summed E-state index contributed by atoms with van der Waals surface area (Å²) in [6.07, 6.45) is 0. The third-order valence-corrected chi connectivity index (χ3v) is 3.25. The van der Waals surface area contributed by atoms with Crippen LogP contribution in [0.4, 0.5) is 5.69 Å². The fourth-order valence-corrected chi connectivity index (χ4v) is 2.48. The van der Waals surface area contributed by atoms with Crippen LogP contribution >= 0.6 is 24.0 Å². The predicted molar refractivity (Wildman–Crippen MR) is 60.0 cm³/mol. The van der Waals surface area contributed by atoms with E-state index in [1.807, 2.05) is 18.2 Å². The highest BCUT2D eigenvalue weighted by Gasteiger charge is 2.04. The lowest BCUT2D eigenvalue weighted by atomic mass is 10.2. The molecule has 0 bridgehead atoms. The van der Waals surface area contributed by atoms with E-state index in [2.05, 4.69) is 12.6 Å². The summed E-state index contributed by atoms with van der Waals surface area (Å²) in [6, 6.07) is 5.77. The van der Waals surface area contributed by atoms with Crippen molar-refractivity contribution < 1.29 is 4.74 Å². The van der Waals surface area contributed by atoms with E-state index in [0.717, 1.165) is 25.7 Å². The second-order valence-electron chi connectivity index (χ2n) is 2.72. The molecule has 1 aromatic carbocycles. The van der Waals surface area contributed by atoms with Crippen LogP contribution in [0, 0.1) is 0 Å². The van der Waals surface area contributed by atoms with E-state index in [9.17, 15) is 0 Å². The first-order chi connectivity index (χ1) is 6.20. The van der Waals surface area contributed by atoms with E-state index in [0.29, 0.717) is 0 Å². The predicted octanol–water partition coefficient (Wildman–Crippen LogP) is 2.78. The molecule has 4 heteroatoms. The van der Waals surface area contributed by atoms with E-state index in [1.165, 1.54) is 0 Å². The number of rotatable bonds is 1. The number of thiophene rings is 1. The summed E-state index contributed by atoms with van der Waals surface area (Å²) in [5.74, 6) is 0.788. The first-order valence-corrected chi connectivity index (χ1v) is 5.03. The standard InChI is InChI=1S/C9H9NOS2/c1-11-6-2-5-3-8(12)13-9(5)7(10)4-6/h2-4,12H,10H2,1H3. The Morgan fingerprint density at radius 3 is 2.85 bits per heavy atom. The van der Waals surface area contributed by atoms with Crippen molar-refractivity contribution >= 4 is 39.7 Å². The van der Waals surface area contributed by atoms with Gasteiger partial charge in [-0.3, -0.25) is 0 Å². The molecule has 0 saturated carbocycles. The molecule has 0 aliphatic carbocycles. The average Bonchev–Trinajstić information content (AvgIpc) is 2.46. The minimum Gasteiger partial charge on any atom is -0.497 e. The highest BCUT2D eigenvalue weighted by atomic mass is 32.2. The van der Waals surface area contributed by atoms with Gasteiger partial charge < -0.3 is 10.5 Å². The second-order valence-corrected chi connectivity index (χ2v) is 4.56. The van der Waals surface area contributed by atoms with Gasteiger partial charge in [-0.2, -0.15) is 0 Å². The van der Waals surface area contributed by atoms with Gasteiger partial charge in [0.25, 0.3) is 0 Å². The highest BCUT2D eigenvalue weighted by molar-refractivity contribution is 7.83. The van der Waals surface area contributed by atoms with Gasteiger partial charge in [-0.1, -0.05) is 0 Å². The summed E-state index contributed by atoms with van der Waals surface area (Å²) in [5, 5.41) is 1.09. The van der Waals surface area contributed by atoms with Gasteiger partial charge in [0.05, 0.1) is 21.7 Å². The van der Waals surface area contributed by atoms with E-state index in [1.54, 1.807) is 18.4 Å². The van der Waals surface area contributed by atoms with Gasteiger partial charge >= 0.3 is 0 Å². The summed E-state index contributed by atoms with van der Waals surface area (Å²) < 4.78 is 7.15. The molecule has 2 nitrogen and oxygen atoms in total. The molecule has 0 saturated heterocycles. The van der Waals surface area contributed by atoms with Gasteiger partial charge in [-0.05, 0) is 17.5 Å². The molecule has 68 valence electrons. The van der Waals surface area contributed by atoms with Crippen LogP contribution in [0.1, 0.15) is 0 Å². The van der Waals surface area contributed by atoms with Crippen LogP contribution in [-0.4, -0.2) is 7.11 Å². The van der Waals surface area contributed by atoms with Gasteiger partial charge in [0, 0.05) is 6.07 Å². The molecule has 0 aliphatic heterocycles. The molecule has 1 heterocycles. The Hall–Kier alpha value is -0.870. The minimum absolute atomic E-state index is 0.750. The quantitative estimate of drug-likeness (QED) is 0.562. The topological polar surface area (TPSA) is 35.2 Å². The van der Waals surface area contributed by atoms with E-state index in [4.69, 9.17) is 10.5 Å². The lowest BCUT2D eigenvalue weighted by molar-refractivity contribution is 0.415. The van der Waals surface area contributed by atoms with Gasteiger partial charge in [0.1, 0.15) is 5.75 Å². The smallest absolute Gasteiger partial charge is 0.121 e. The number of ether oxygens (including phenoxy) is 1. The maximum Gasteiger partial charge on any atom is 0.121 e. The number of benzene rings is 1. The molecular weight excluding hydrogens is 202 g/mol. The number of anilines is 1. The Balaban J connectivity index is 2.75. The van der Waals surface area contributed by atoms with Gasteiger partial charge in [0.2, 0.25) is 0 Å². The van der Waals surface area contributed by atoms with Crippen molar-refractivity contribution in [2.24, 2.45) is 0 Å². The number of nitrogens with two attached hydrogens (primary N) is 1. The molecule has 0 aliphatic rings. The molecular formula is C9H9NOS2. The van der Waals surface area contributed by atoms with Crippen LogP contribution in [-0.2, 0) is 0 Å². The van der Waals surface area contributed by atoms with Crippen molar-refractivity contribution in [1.82, 2.24) is 0 Å². The molecule has 1 aromatic heterocycles. The molecule has 13 heavy (non-hydrogen) atoms. The molecule has 2 aromatic rings. The normalized spacial score (nSPS) is 10.6. The Kier molecular flexibility index (Phi) is 2.09. The second kappa shape index (κ2) is 3.12. The number of methoxy groups -OCH3 is 1. The molecule has 0 spiro atoms. The van der Waals surface area contributed by atoms with Crippen LogP contribution in [0.3, 0.4) is 0 Å². The van der Waals surface area contributed by atoms with E-state index >= 15 is 0 Å². The van der Waals surface area contributed by atoms with Crippen LogP contribution < -0.4 is 10.5 Å². The molecule has 0 amide bonds. The monoisotopic (exact) mass is 211 g/mol. The molecule has 2 N–H and O–H groups in total. The van der Waals surface area contributed by atoms with Gasteiger partial charge in [-0.15, -0.1) is 24.0 Å². The maximum absolute atomic E-state index is 5.84. The highest BCUT2D eigenvalue weighted by Crippen LogP contribution is 2.35. The van der Waals surface area contributed by atoms with Crippen LogP contribution in [0.5, 0.6) is 5.75 Å². The average molecular weight is 211 g/mol. The molecule has 0 radical (unpaired) electrons. The molecule has 0 atom stereocenters. The molecule has 0 unspecified atom stereocenters. The van der Waals surface area contributed by atoms with Crippen molar-refractivity contribution in [3.8, 4) is 5.75 Å². The summed E-state index contributed by atoms with van der Waals surface area (Å²) in [7, 11) is 1.63. The summed E-state index contributed by atoms with van der Waals surface area (Å²) >= 11 is 5.86.